The van der Waals surface area contributed by atoms with Gasteiger partial charge in [-0.3, -0.25) is 0 Å². The summed E-state index contributed by atoms with van der Waals surface area (Å²) in [6.45, 7) is 1.48. The fourth-order valence-corrected chi connectivity index (χ4v) is 0.717. The largest absolute Gasteiger partial charge is 1.00 e. The molecule has 1 N–H and O–H groups in total. The smallest absolute Gasteiger partial charge is 1.00 e. The van der Waals surface area contributed by atoms with Gasteiger partial charge >= 0.3 is 51.4 Å². The first kappa shape index (κ1) is 14.1. The molecular weight excluding hydrogens is 153 g/mol. The van der Waals surface area contributed by atoms with Gasteiger partial charge in [0.25, 0.3) is 0 Å². The van der Waals surface area contributed by atoms with Gasteiger partial charge in [-0.05, 0) is 39.9 Å². The molecule has 0 fully saturated rings. The average Bonchev–Trinajstić information content (AvgIpc) is 1.80. The summed E-state index contributed by atoms with van der Waals surface area (Å²) in [6.07, 6.45) is 3.30. The maximum absolute atomic E-state index is 8.42. The minimum absolute atomic E-state index is 0. The first-order valence-electron chi connectivity index (χ1n) is 3.53. The molecule has 58 valence electrons. The summed E-state index contributed by atoms with van der Waals surface area (Å²) in [5, 5.41) is 8.42. The van der Waals surface area contributed by atoms with Crippen LogP contribution in [0, 0.1) is 0 Å². The molecule has 0 aliphatic rings. The molecule has 0 spiro atoms. The number of hydrogen-bond donors (Lipinski definition) is 1. The van der Waals surface area contributed by atoms with E-state index in [-0.39, 0.29) is 52.8 Å². The van der Waals surface area contributed by atoms with Crippen molar-refractivity contribution in [2.24, 2.45) is 0 Å². The number of aliphatic hydroxyl groups excluding tert-OH is 1. The number of unbranched alkanes of at least 4 members (excludes halogenated alkanes) is 2. The number of hydrogen-bond acceptors (Lipinski definition) is 2. The van der Waals surface area contributed by atoms with Gasteiger partial charge in [-0.25, -0.2) is 0 Å². The maximum atomic E-state index is 8.42. The predicted molar refractivity (Wildman–Crippen MR) is 40.6 cm³/mol. The summed E-state index contributed by atoms with van der Waals surface area (Å²) in [5.41, 5.74) is 0. The zero-order valence-corrected chi connectivity index (χ0v) is 10.6. The molecule has 0 aliphatic heterocycles. The van der Waals surface area contributed by atoms with Gasteiger partial charge in [0.05, 0.1) is 0 Å². The van der Waals surface area contributed by atoms with Gasteiger partial charge in [0.15, 0.2) is 0 Å². The standard InChI is InChI=1S/C7H17NO.K.H/c1-8(2)6-4-3-5-7-9;;/h9H,3-7H2,1-2H3;;/q;+1;-1. The Bertz CT molecular complexity index is 64.4. The summed E-state index contributed by atoms with van der Waals surface area (Å²) >= 11 is 0. The summed E-state index contributed by atoms with van der Waals surface area (Å²) < 4.78 is 0. The molecule has 0 rings (SSSR count). The van der Waals surface area contributed by atoms with Crippen molar-refractivity contribution in [3.8, 4) is 0 Å². The Morgan fingerprint density at radius 2 is 1.80 bits per heavy atom. The molecule has 0 bridgehead atoms. The molecule has 0 unspecified atom stereocenters. The van der Waals surface area contributed by atoms with Crippen LogP contribution < -0.4 is 51.4 Å². The van der Waals surface area contributed by atoms with Crippen LogP contribution in [0.15, 0.2) is 0 Å². The van der Waals surface area contributed by atoms with Crippen LogP contribution in [0.3, 0.4) is 0 Å². The molecule has 0 heterocycles. The van der Waals surface area contributed by atoms with Gasteiger partial charge in [-0.1, -0.05) is 0 Å². The normalized spacial score (nSPS) is 9.60. The van der Waals surface area contributed by atoms with Crippen LogP contribution in [0.4, 0.5) is 0 Å². The van der Waals surface area contributed by atoms with E-state index in [4.69, 9.17) is 5.11 Å². The van der Waals surface area contributed by atoms with Gasteiger partial charge in [0.2, 0.25) is 0 Å². The number of nitrogens with zero attached hydrogens (tertiary/aromatic N) is 1. The van der Waals surface area contributed by atoms with Crippen LogP contribution in [0.25, 0.3) is 0 Å². The molecule has 0 aliphatic carbocycles. The zero-order chi connectivity index (χ0) is 7.11. The molecule has 0 saturated carbocycles. The first-order valence-corrected chi connectivity index (χ1v) is 3.53. The Morgan fingerprint density at radius 3 is 2.20 bits per heavy atom. The molecule has 0 radical (unpaired) electrons. The van der Waals surface area contributed by atoms with E-state index in [0.717, 1.165) is 19.4 Å². The Labute approximate surface area is 108 Å². The van der Waals surface area contributed by atoms with Crippen molar-refractivity contribution in [1.29, 1.82) is 0 Å². The van der Waals surface area contributed by atoms with Crippen LogP contribution in [-0.2, 0) is 0 Å². The molecular formula is C7H18KNO. The van der Waals surface area contributed by atoms with Crippen molar-refractivity contribution < 1.29 is 57.9 Å². The minimum atomic E-state index is 0. The topological polar surface area (TPSA) is 23.5 Å². The van der Waals surface area contributed by atoms with E-state index in [1.165, 1.54) is 6.42 Å². The van der Waals surface area contributed by atoms with Gasteiger partial charge < -0.3 is 11.4 Å². The molecule has 0 aromatic carbocycles. The van der Waals surface area contributed by atoms with Gasteiger partial charge in [-0.2, -0.15) is 0 Å². The van der Waals surface area contributed by atoms with Crippen molar-refractivity contribution in [2.45, 2.75) is 19.3 Å². The van der Waals surface area contributed by atoms with E-state index in [1.807, 2.05) is 0 Å². The van der Waals surface area contributed by atoms with Crippen molar-refractivity contribution >= 4 is 0 Å². The van der Waals surface area contributed by atoms with Crippen molar-refractivity contribution in [3.63, 3.8) is 0 Å². The molecule has 0 saturated heterocycles. The SMILES string of the molecule is CN(C)CCCCCO.[H-].[K+]. The van der Waals surface area contributed by atoms with E-state index in [9.17, 15) is 0 Å². The Hall–Kier alpha value is 1.56. The van der Waals surface area contributed by atoms with Crippen LogP contribution in [0.5, 0.6) is 0 Å². The van der Waals surface area contributed by atoms with Crippen LogP contribution in [0.1, 0.15) is 20.7 Å². The maximum Gasteiger partial charge on any atom is 1.00 e. The predicted octanol–water partition coefficient (Wildman–Crippen LogP) is -2.17. The third-order valence-corrected chi connectivity index (χ3v) is 1.26. The third-order valence-electron chi connectivity index (χ3n) is 1.26. The van der Waals surface area contributed by atoms with Gasteiger partial charge in [-0.15, -0.1) is 0 Å². The molecule has 0 atom stereocenters. The molecule has 0 aromatic rings. The molecule has 10 heavy (non-hydrogen) atoms. The number of aliphatic hydroxyl groups is 1. The van der Waals surface area contributed by atoms with Crippen LogP contribution in [-0.4, -0.2) is 37.3 Å². The fourth-order valence-electron chi connectivity index (χ4n) is 0.717. The van der Waals surface area contributed by atoms with Crippen molar-refractivity contribution in [3.05, 3.63) is 0 Å². The van der Waals surface area contributed by atoms with E-state index in [2.05, 4.69) is 19.0 Å². The first-order chi connectivity index (χ1) is 4.27. The number of rotatable bonds is 5. The van der Waals surface area contributed by atoms with Gasteiger partial charge in [0.1, 0.15) is 0 Å². The van der Waals surface area contributed by atoms with Crippen LogP contribution >= 0.6 is 0 Å². The molecule has 0 amide bonds. The second kappa shape index (κ2) is 10.6. The summed E-state index contributed by atoms with van der Waals surface area (Å²) in [4.78, 5) is 2.16. The van der Waals surface area contributed by atoms with E-state index in [0.29, 0.717) is 6.61 Å². The molecule has 3 heteroatoms. The summed E-state index contributed by atoms with van der Waals surface area (Å²) in [5.74, 6) is 0. The Morgan fingerprint density at radius 1 is 1.20 bits per heavy atom. The Kier molecular flexibility index (Phi) is 14.9. The van der Waals surface area contributed by atoms with E-state index < -0.39 is 0 Å². The van der Waals surface area contributed by atoms with E-state index in [1.54, 1.807) is 0 Å². The second-order valence-electron chi connectivity index (χ2n) is 2.59. The zero-order valence-electron chi connectivity index (χ0n) is 8.43. The molecule has 0 aromatic heterocycles. The third kappa shape index (κ3) is 12.3. The molecule has 2 nitrogen and oxygen atoms in total. The quantitative estimate of drug-likeness (QED) is 0.376. The average molecular weight is 171 g/mol. The van der Waals surface area contributed by atoms with Crippen LogP contribution in [0.2, 0.25) is 0 Å². The summed E-state index contributed by atoms with van der Waals surface area (Å²) in [7, 11) is 4.14. The fraction of sp³-hybridized carbons (Fsp3) is 1.00. The van der Waals surface area contributed by atoms with Crippen molar-refractivity contribution in [2.75, 3.05) is 27.2 Å². The van der Waals surface area contributed by atoms with Gasteiger partial charge in [0, 0.05) is 6.61 Å². The second-order valence-corrected chi connectivity index (χ2v) is 2.59. The minimum Gasteiger partial charge on any atom is -1.00 e. The monoisotopic (exact) mass is 171 g/mol. The van der Waals surface area contributed by atoms with Crippen molar-refractivity contribution in [1.82, 2.24) is 4.90 Å². The summed E-state index contributed by atoms with van der Waals surface area (Å²) in [6, 6.07) is 0. The van der Waals surface area contributed by atoms with E-state index >= 15 is 0 Å². The Balaban J connectivity index is -0.000000320.